The van der Waals surface area contributed by atoms with Crippen LogP contribution in [-0.4, -0.2) is 16.2 Å². The second-order valence-corrected chi connectivity index (χ2v) is 3.67. The monoisotopic (exact) mass is 250 g/mol. The smallest absolute Gasteiger partial charge is 0.335 e. The molecule has 2 N–H and O–H groups in total. The van der Waals surface area contributed by atoms with Gasteiger partial charge in [-0.05, 0) is 29.8 Å². The van der Waals surface area contributed by atoms with Gasteiger partial charge >= 0.3 is 5.97 Å². The summed E-state index contributed by atoms with van der Waals surface area (Å²) < 4.78 is 27.4. The summed E-state index contributed by atoms with van der Waals surface area (Å²) in [4.78, 5) is 10.6. The molecule has 2 aromatic rings. The van der Waals surface area contributed by atoms with E-state index in [9.17, 15) is 13.6 Å². The second-order valence-electron chi connectivity index (χ2n) is 3.67. The van der Waals surface area contributed by atoms with Crippen LogP contribution < -0.4 is 0 Å². The summed E-state index contributed by atoms with van der Waals surface area (Å²) in [5, 5.41) is 17.8. The zero-order chi connectivity index (χ0) is 13.3. The standard InChI is InChI=1S/C13H8F2O3/c14-10-5-8(13(17)18)6-11(15)12(10)7-1-3-9(16)4-2-7/h1-6,16H,(H,17,18). The topological polar surface area (TPSA) is 57.5 Å². The summed E-state index contributed by atoms with van der Waals surface area (Å²) >= 11 is 0. The first-order valence-corrected chi connectivity index (χ1v) is 5.01. The van der Waals surface area contributed by atoms with E-state index in [1.54, 1.807) is 0 Å². The van der Waals surface area contributed by atoms with Crippen molar-refractivity contribution in [2.24, 2.45) is 0 Å². The van der Waals surface area contributed by atoms with Gasteiger partial charge in [-0.3, -0.25) is 0 Å². The molecule has 0 radical (unpaired) electrons. The Morgan fingerprint density at radius 3 is 1.94 bits per heavy atom. The molecule has 0 aromatic heterocycles. The number of hydrogen-bond acceptors (Lipinski definition) is 2. The number of aromatic carboxylic acids is 1. The first-order chi connectivity index (χ1) is 8.49. The second kappa shape index (κ2) is 4.44. The van der Waals surface area contributed by atoms with Crippen molar-refractivity contribution in [1.29, 1.82) is 0 Å². The third kappa shape index (κ3) is 2.15. The van der Waals surface area contributed by atoms with Gasteiger partial charge in [-0.2, -0.15) is 0 Å². The minimum atomic E-state index is -1.40. The Balaban J connectivity index is 2.58. The SMILES string of the molecule is O=C(O)c1cc(F)c(-c2ccc(O)cc2)c(F)c1. The van der Waals surface area contributed by atoms with Gasteiger partial charge in [-0.15, -0.1) is 0 Å². The van der Waals surface area contributed by atoms with E-state index in [1.165, 1.54) is 24.3 Å². The van der Waals surface area contributed by atoms with E-state index < -0.39 is 23.2 Å². The normalized spacial score (nSPS) is 10.3. The molecule has 3 nitrogen and oxygen atoms in total. The van der Waals surface area contributed by atoms with Crippen LogP contribution in [0.1, 0.15) is 10.4 Å². The van der Waals surface area contributed by atoms with Crippen molar-refractivity contribution >= 4 is 5.97 Å². The summed E-state index contributed by atoms with van der Waals surface area (Å²) in [6, 6.07) is 6.79. The molecule has 0 aliphatic heterocycles. The molecule has 0 saturated carbocycles. The number of phenols is 1. The average Bonchev–Trinajstić information content (AvgIpc) is 2.30. The van der Waals surface area contributed by atoms with Crippen LogP contribution in [-0.2, 0) is 0 Å². The maximum absolute atomic E-state index is 13.7. The molecule has 5 heteroatoms. The van der Waals surface area contributed by atoms with E-state index in [4.69, 9.17) is 10.2 Å². The number of carboxylic acids is 1. The van der Waals surface area contributed by atoms with Crippen LogP contribution in [0.3, 0.4) is 0 Å². The highest BCUT2D eigenvalue weighted by atomic mass is 19.1. The van der Waals surface area contributed by atoms with Crippen molar-refractivity contribution in [1.82, 2.24) is 0 Å². The lowest BCUT2D eigenvalue weighted by molar-refractivity contribution is 0.0696. The van der Waals surface area contributed by atoms with Crippen molar-refractivity contribution in [3.63, 3.8) is 0 Å². The Labute approximate surface area is 101 Å². The highest BCUT2D eigenvalue weighted by molar-refractivity contribution is 5.88. The summed E-state index contributed by atoms with van der Waals surface area (Å²) in [6.07, 6.45) is 0. The molecule has 0 amide bonds. The lowest BCUT2D eigenvalue weighted by atomic mass is 10.0. The van der Waals surface area contributed by atoms with Crippen LogP contribution in [0, 0.1) is 11.6 Å². The van der Waals surface area contributed by atoms with Gasteiger partial charge in [0.1, 0.15) is 17.4 Å². The van der Waals surface area contributed by atoms with Crippen molar-refractivity contribution < 1.29 is 23.8 Å². The van der Waals surface area contributed by atoms with Crippen LogP contribution in [0.5, 0.6) is 5.75 Å². The van der Waals surface area contributed by atoms with Crippen LogP contribution in [0.15, 0.2) is 36.4 Å². The van der Waals surface area contributed by atoms with Crippen LogP contribution in [0.25, 0.3) is 11.1 Å². The Bertz CT molecular complexity index is 583. The van der Waals surface area contributed by atoms with Gasteiger partial charge in [0.2, 0.25) is 0 Å². The fourth-order valence-corrected chi connectivity index (χ4v) is 1.60. The van der Waals surface area contributed by atoms with Crippen LogP contribution in [0.2, 0.25) is 0 Å². The molecule has 2 aromatic carbocycles. The summed E-state index contributed by atoms with van der Waals surface area (Å²) in [5.41, 5.74) is -0.549. The zero-order valence-corrected chi connectivity index (χ0v) is 9.02. The van der Waals surface area contributed by atoms with Gasteiger partial charge in [-0.25, -0.2) is 13.6 Å². The van der Waals surface area contributed by atoms with Gasteiger partial charge in [0.25, 0.3) is 0 Å². The zero-order valence-electron chi connectivity index (χ0n) is 9.02. The van der Waals surface area contributed by atoms with Crippen molar-refractivity contribution in [3.8, 4) is 16.9 Å². The van der Waals surface area contributed by atoms with Crippen LogP contribution in [0.4, 0.5) is 8.78 Å². The molecule has 0 unspecified atom stereocenters. The van der Waals surface area contributed by atoms with Crippen molar-refractivity contribution in [2.45, 2.75) is 0 Å². The predicted molar refractivity (Wildman–Crippen MR) is 60.4 cm³/mol. The molecular weight excluding hydrogens is 242 g/mol. The molecule has 0 fully saturated rings. The minimum absolute atomic E-state index is 0.0262. The summed E-state index contributed by atoms with van der Waals surface area (Å²) in [7, 11) is 0. The Morgan fingerprint density at radius 1 is 1.00 bits per heavy atom. The highest BCUT2D eigenvalue weighted by Gasteiger charge is 2.16. The third-order valence-corrected chi connectivity index (χ3v) is 2.45. The Morgan fingerprint density at radius 2 is 1.50 bits per heavy atom. The molecule has 0 saturated heterocycles. The molecule has 0 atom stereocenters. The Kier molecular flexibility index (Phi) is 2.97. The van der Waals surface area contributed by atoms with Crippen LogP contribution >= 0.6 is 0 Å². The molecular formula is C13H8F2O3. The molecule has 0 aliphatic rings. The van der Waals surface area contributed by atoms with E-state index in [1.807, 2.05) is 0 Å². The minimum Gasteiger partial charge on any atom is -0.508 e. The van der Waals surface area contributed by atoms with E-state index >= 15 is 0 Å². The van der Waals surface area contributed by atoms with E-state index in [-0.39, 0.29) is 16.9 Å². The maximum Gasteiger partial charge on any atom is 0.335 e. The van der Waals surface area contributed by atoms with Gasteiger partial charge in [-0.1, -0.05) is 12.1 Å². The number of rotatable bonds is 2. The number of carbonyl (C=O) groups is 1. The van der Waals surface area contributed by atoms with Crippen molar-refractivity contribution in [2.75, 3.05) is 0 Å². The number of phenolic OH excluding ortho intramolecular Hbond substituents is 1. The number of halogens is 2. The Hall–Kier alpha value is -2.43. The quantitative estimate of drug-likeness (QED) is 0.861. The molecule has 0 bridgehead atoms. The molecule has 0 aliphatic carbocycles. The van der Waals surface area contributed by atoms with Gasteiger partial charge < -0.3 is 10.2 Å². The number of benzene rings is 2. The molecule has 0 heterocycles. The van der Waals surface area contributed by atoms with E-state index in [0.29, 0.717) is 0 Å². The third-order valence-electron chi connectivity index (χ3n) is 2.45. The largest absolute Gasteiger partial charge is 0.508 e. The van der Waals surface area contributed by atoms with Crippen molar-refractivity contribution in [3.05, 3.63) is 53.6 Å². The number of hydrogen-bond donors (Lipinski definition) is 2. The van der Waals surface area contributed by atoms with Gasteiger partial charge in [0, 0.05) is 0 Å². The fourth-order valence-electron chi connectivity index (χ4n) is 1.60. The predicted octanol–water partition coefficient (Wildman–Crippen LogP) is 3.04. The first kappa shape index (κ1) is 12.0. The first-order valence-electron chi connectivity index (χ1n) is 5.01. The number of aromatic hydroxyl groups is 1. The van der Waals surface area contributed by atoms with Gasteiger partial charge in [0.05, 0.1) is 11.1 Å². The summed E-state index contributed by atoms with van der Waals surface area (Å²) in [5.74, 6) is -3.34. The van der Waals surface area contributed by atoms with Gasteiger partial charge in [0.15, 0.2) is 0 Å². The van der Waals surface area contributed by atoms with E-state index in [0.717, 1.165) is 12.1 Å². The van der Waals surface area contributed by atoms with E-state index in [2.05, 4.69) is 0 Å². The average molecular weight is 250 g/mol. The fraction of sp³-hybridized carbons (Fsp3) is 0. The lowest BCUT2D eigenvalue weighted by Crippen LogP contribution is -2.00. The highest BCUT2D eigenvalue weighted by Crippen LogP contribution is 2.28. The summed E-state index contributed by atoms with van der Waals surface area (Å²) in [6.45, 7) is 0. The molecule has 0 spiro atoms. The lowest BCUT2D eigenvalue weighted by Gasteiger charge is -2.06. The molecule has 2 rings (SSSR count). The molecule has 18 heavy (non-hydrogen) atoms. The number of carboxylic acid groups (broad SMARTS) is 1. The maximum atomic E-state index is 13.7. The molecule has 92 valence electrons.